The summed E-state index contributed by atoms with van der Waals surface area (Å²) in [6, 6.07) is 0. The first-order chi connectivity index (χ1) is 10.8. The van der Waals surface area contributed by atoms with E-state index in [9.17, 15) is 4.79 Å². The first kappa shape index (κ1) is 19.2. The molecule has 0 spiro atoms. The van der Waals surface area contributed by atoms with Crippen molar-refractivity contribution in [1.29, 1.82) is 0 Å². The van der Waals surface area contributed by atoms with Gasteiger partial charge in [-0.2, -0.15) is 0 Å². The second kappa shape index (κ2) is 13.8. The number of unbranched alkanes of at least 4 members (excludes halogenated alkanes) is 12. The maximum Gasteiger partial charge on any atom is 0.227 e. The fraction of sp³-hybridized carbons (Fsp3) is 0.895. The first-order valence-electron chi connectivity index (χ1n) is 9.64. The van der Waals surface area contributed by atoms with Crippen molar-refractivity contribution in [3.8, 4) is 0 Å². The molecule has 1 aliphatic heterocycles. The van der Waals surface area contributed by atoms with Crippen molar-refractivity contribution < 1.29 is 4.79 Å². The second-order valence-corrected chi connectivity index (χ2v) is 6.60. The van der Waals surface area contributed by atoms with Gasteiger partial charge in [-0.3, -0.25) is 9.79 Å². The Balaban J connectivity index is 1.74. The van der Waals surface area contributed by atoms with Crippen LogP contribution >= 0.6 is 0 Å². The zero-order chi connectivity index (χ0) is 15.9. The Labute approximate surface area is 137 Å². The lowest BCUT2D eigenvalue weighted by Gasteiger charge is -2.11. The van der Waals surface area contributed by atoms with Crippen molar-refractivity contribution in [3.05, 3.63) is 0 Å². The smallest absolute Gasteiger partial charge is 0.227 e. The van der Waals surface area contributed by atoms with Gasteiger partial charge in [-0.1, -0.05) is 84.0 Å². The molecule has 0 N–H and O–H groups in total. The van der Waals surface area contributed by atoms with Crippen LogP contribution in [0.4, 0.5) is 0 Å². The highest BCUT2D eigenvalue weighted by atomic mass is 16.2. The van der Waals surface area contributed by atoms with Gasteiger partial charge in [0.1, 0.15) is 0 Å². The third kappa shape index (κ3) is 9.97. The summed E-state index contributed by atoms with van der Waals surface area (Å²) in [7, 11) is 0. The predicted octanol–water partition coefficient (Wildman–Crippen LogP) is 5.34. The third-order valence-corrected chi connectivity index (χ3v) is 4.51. The summed E-state index contributed by atoms with van der Waals surface area (Å²) in [6.07, 6.45) is 19.9. The average molecular weight is 309 g/mol. The third-order valence-electron chi connectivity index (χ3n) is 4.51. The van der Waals surface area contributed by atoms with Crippen molar-refractivity contribution in [2.45, 2.75) is 96.8 Å². The van der Waals surface area contributed by atoms with Crippen LogP contribution in [-0.4, -0.2) is 30.2 Å². The highest BCUT2D eigenvalue weighted by Gasteiger charge is 2.13. The largest absolute Gasteiger partial charge is 0.301 e. The molecule has 0 fully saturated rings. The number of aliphatic imine (C=N–C) groups is 1. The lowest BCUT2D eigenvalue weighted by atomic mass is 10.0. The molecule has 0 radical (unpaired) electrons. The topological polar surface area (TPSA) is 32.7 Å². The zero-order valence-electron chi connectivity index (χ0n) is 14.7. The van der Waals surface area contributed by atoms with Gasteiger partial charge >= 0.3 is 0 Å². The van der Waals surface area contributed by atoms with E-state index in [0.717, 1.165) is 19.5 Å². The van der Waals surface area contributed by atoms with Gasteiger partial charge in [0, 0.05) is 13.0 Å². The van der Waals surface area contributed by atoms with Crippen LogP contribution in [0, 0.1) is 0 Å². The molecule has 0 bridgehead atoms. The lowest BCUT2D eigenvalue weighted by molar-refractivity contribution is -0.126. The van der Waals surface area contributed by atoms with Gasteiger partial charge in [0.2, 0.25) is 5.91 Å². The van der Waals surface area contributed by atoms with E-state index in [2.05, 4.69) is 11.9 Å². The van der Waals surface area contributed by atoms with Crippen LogP contribution in [0.1, 0.15) is 96.8 Å². The maximum atomic E-state index is 11.8. The predicted molar refractivity (Wildman–Crippen MR) is 95.4 cm³/mol. The van der Waals surface area contributed by atoms with Gasteiger partial charge in [-0.15, -0.1) is 0 Å². The van der Waals surface area contributed by atoms with Crippen molar-refractivity contribution in [3.63, 3.8) is 0 Å². The molecule has 0 saturated heterocycles. The highest BCUT2D eigenvalue weighted by molar-refractivity contribution is 5.88. The minimum Gasteiger partial charge on any atom is -0.301 e. The van der Waals surface area contributed by atoms with E-state index in [0.29, 0.717) is 6.42 Å². The summed E-state index contributed by atoms with van der Waals surface area (Å²) in [6.45, 7) is 3.85. The molecule has 0 saturated carbocycles. The quantitative estimate of drug-likeness (QED) is 0.399. The van der Waals surface area contributed by atoms with Crippen molar-refractivity contribution in [1.82, 2.24) is 4.90 Å². The van der Waals surface area contributed by atoms with Crippen LogP contribution in [0.3, 0.4) is 0 Å². The van der Waals surface area contributed by atoms with E-state index in [4.69, 9.17) is 0 Å². The van der Waals surface area contributed by atoms with Crippen LogP contribution in [0.2, 0.25) is 0 Å². The van der Waals surface area contributed by atoms with E-state index in [-0.39, 0.29) is 5.91 Å². The summed E-state index contributed by atoms with van der Waals surface area (Å²) in [5, 5.41) is 0. The van der Waals surface area contributed by atoms with Crippen molar-refractivity contribution in [2.75, 3.05) is 13.1 Å². The minimum atomic E-state index is 0.254. The Morgan fingerprint density at radius 3 is 1.82 bits per heavy atom. The Morgan fingerprint density at radius 1 is 0.864 bits per heavy atom. The van der Waals surface area contributed by atoms with E-state index < -0.39 is 0 Å². The van der Waals surface area contributed by atoms with E-state index in [1.165, 1.54) is 77.0 Å². The van der Waals surface area contributed by atoms with Crippen LogP contribution in [0.15, 0.2) is 4.99 Å². The lowest BCUT2D eigenvalue weighted by Crippen LogP contribution is -2.27. The molecule has 22 heavy (non-hydrogen) atoms. The van der Waals surface area contributed by atoms with E-state index >= 15 is 0 Å². The van der Waals surface area contributed by atoms with Crippen LogP contribution in [0.5, 0.6) is 0 Å². The van der Waals surface area contributed by atoms with Gasteiger partial charge in [-0.25, -0.2) is 0 Å². The molecule has 0 aliphatic carbocycles. The summed E-state index contributed by atoms with van der Waals surface area (Å²) < 4.78 is 0. The number of carbonyl (C=O) groups excluding carboxylic acids is 1. The number of nitrogens with zero attached hydrogens (tertiary/aromatic N) is 2. The summed E-state index contributed by atoms with van der Waals surface area (Å²) in [4.78, 5) is 17.6. The van der Waals surface area contributed by atoms with Crippen LogP contribution in [-0.2, 0) is 4.79 Å². The number of carbonyl (C=O) groups is 1. The Morgan fingerprint density at radius 2 is 1.36 bits per heavy atom. The van der Waals surface area contributed by atoms with Crippen molar-refractivity contribution in [2.24, 2.45) is 4.99 Å². The standard InChI is InChI=1S/C19H36N2O/c1-2-3-4-5-6-7-8-9-10-11-12-13-14-15-19(22)21-17-16-20-18-21/h18H,2-17H2,1H3. The van der Waals surface area contributed by atoms with E-state index in [1.807, 2.05) is 0 Å². The normalized spacial score (nSPS) is 14.0. The van der Waals surface area contributed by atoms with Crippen LogP contribution < -0.4 is 0 Å². The van der Waals surface area contributed by atoms with E-state index in [1.54, 1.807) is 11.2 Å². The highest BCUT2D eigenvalue weighted by Crippen LogP contribution is 2.13. The Bertz CT molecular complexity index is 302. The second-order valence-electron chi connectivity index (χ2n) is 6.60. The van der Waals surface area contributed by atoms with Gasteiger partial charge in [-0.05, 0) is 6.42 Å². The Kier molecular flexibility index (Phi) is 12.0. The monoisotopic (exact) mass is 308 g/mol. The zero-order valence-corrected chi connectivity index (χ0v) is 14.7. The molecule has 1 aliphatic rings. The summed E-state index contributed by atoms with van der Waals surface area (Å²) >= 11 is 0. The fourth-order valence-electron chi connectivity index (χ4n) is 3.01. The summed E-state index contributed by atoms with van der Waals surface area (Å²) in [5.74, 6) is 0.254. The summed E-state index contributed by atoms with van der Waals surface area (Å²) in [5.41, 5.74) is 0. The van der Waals surface area contributed by atoms with Gasteiger partial charge in [0.15, 0.2) is 0 Å². The SMILES string of the molecule is CCCCCCCCCCCCCCCC(=O)N1C=NCC1. The number of hydrogen-bond donors (Lipinski definition) is 0. The molecule has 1 heterocycles. The molecule has 128 valence electrons. The number of amides is 1. The van der Waals surface area contributed by atoms with Gasteiger partial charge < -0.3 is 4.90 Å². The number of hydrogen-bond acceptors (Lipinski definition) is 2. The van der Waals surface area contributed by atoms with Gasteiger partial charge in [0.25, 0.3) is 0 Å². The fourth-order valence-corrected chi connectivity index (χ4v) is 3.01. The first-order valence-corrected chi connectivity index (χ1v) is 9.64. The molecule has 3 heteroatoms. The minimum absolute atomic E-state index is 0.254. The molecule has 3 nitrogen and oxygen atoms in total. The van der Waals surface area contributed by atoms with Crippen LogP contribution in [0.25, 0.3) is 0 Å². The Hall–Kier alpha value is -0.860. The number of rotatable bonds is 14. The molecule has 0 aromatic carbocycles. The molecule has 0 atom stereocenters. The average Bonchev–Trinajstić information content (AvgIpc) is 3.06. The molecule has 0 unspecified atom stereocenters. The van der Waals surface area contributed by atoms with Gasteiger partial charge in [0.05, 0.1) is 12.9 Å². The van der Waals surface area contributed by atoms with Crippen molar-refractivity contribution >= 4 is 12.2 Å². The molecule has 1 rings (SSSR count). The molecule has 1 amide bonds. The molecular weight excluding hydrogens is 272 g/mol. The maximum absolute atomic E-state index is 11.8. The molecular formula is C19H36N2O. The molecule has 0 aromatic rings. The molecule has 0 aromatic heterocycles.